The number of hydrazine groups is 1. The van der Waals surface area contributed by atoms with E-state index in [0.29, 0.717) is 11.4 Å². The highest BCUT2D eigenvalue weighted by atomic mass is 32.2. The number of rotatable bonds is 5. The van der Waals surface area contributed by atoms with Crippen LogP contribution < -0.4 is 20.9 Å². The van der Waals surface area contributed by atoms with Crippen molar-refractivity contribution in [1.29, 1.82) is 0 Å². The molecule has 2 aromatic carbocycles. The van der Waals surface area contributed by atoms with Gasteiger partial charge in [0.05, 0.1) is 30.6 Å². The molecule has 3 heterocycles. The van der Waals surface area contributed by atoms with Crippen LogP contribution in [0.1, 0.15) is 18.0 Å². The Morgan fingerprint density at radius 2 is 2.00 bits per heavy atom. The standard InChI is InChI=1S/C22H24N6O2S/c1-30-19-10-6-5-9-16(19)23-20(29)14-31-22-25-24-21-18-13-17(15-7-3-2-4-8-15)26-28(18)12-11-27(21)22/h2-12,17-18,21,24,26H,13-14H2,1H3,(H,23,29). The van der Waals surface area contributed by atoms with Gasteiger partial charge in [0.15, 0.2) is 5.17 Å². The molecule has 3 aliphatic heterocycles. The van der Waals surface area contributed by atoms with E-state index in [9.17, 15) is 4.79 Å². The van der Waals surface area contributed by atoms with Gasteiger partial charge in [0.2, 0.25) is 5.91 Å². The maximum atomic E-state index is 12.5. The molecule has 1 saturated heterocycles. The fraction of sp³-hybridized carbons (Fsp3) is 0.273. The maximum Gasteiger partial charge on any atom is 0.234 e. The summed E-state index contributed by atoms with van der Waals surface area (Å²) in [6.45, 7) is 0. The van der Waals surface area contributed by atoms with Crippen LogP contribution in [0.3, 0.4) is 0 Å². The van der Waals surface area contributed by atoms with Gasteiger partial charge >= 0.3 is 0 Å². The lowest BCUT2D eigenvalue weighted by molar-refractivity contribution is -0.113. The van der Waals surface area contributed by atoms with Crippen molar-refractivity contribution in [2.75, 3.05) is 18.2 Å². The van der Waals surface area contributed by atoms with Gasteiger partial charge in [-0.15, -0.1) is 0 Å². The molecular formula is C22H24N6O2S. The van der Waals surface area contributed by atoms with Crippen LogP contribution in [0.25, 0.3) is 0 Å². The Balaban J connectivity index is 1.19. The number of amidine groups is 1. The summed E-state index contributed by atoms with van der Waals surface area (Å²) < 4.78 is 5.29. The van der Waals surface area contributed by atoms with Crippen molar-refractivity contribution in [3.63, 3.8) is 0 Å². The Hall–Kier alpha value is -3.17. The average Bonchev–Trinajstić information content (AvgIpc) is 3.42. The minimum absolute atomic E-state index is 0.0333. The molecule has 160 valence electrons. The summed E-state index contributed by atoms with van der Waals surface area (Å²) in [7, 11) is 1.59. The van der Waals surface area contributed by atoms with Crippen molar-refractivity contribution in [2.24, 2.45) is 5.10 Å². The molecular weight excluding hydrogens is 412 g/mol. The number of hydrogen-bond donors (Lipinski definition) is 3. The van der Waals surface area contributed by atoms with Crippen molar-refractivity contribution in [1.82, 2.24) is 20.8 Å². The van der Waals surface area contributed by atoms with E-state index in [4.69, 9.17) is 4.74 Å². The number of methoxy groups -OCH3 is 1. The van der Waals surface area contributed by atoms with Crippen LogP contribution in [-0.2, 0) is 4.79 Å². The second-order valence-electron chi connectivity index (χ2n) is 7.51. The minimum atomic E-state index is -0.102. The number of hydrogen-bond acceptors (Lipinski definition) is 8. The van der Waals surface area contributed by atoms with Crippen molar-refractivity contribution in [3.8, 4) is 5.75 Å². The van der Waals surface area contributed by atoms with Gasteiger partial charge in [-0.2, -0.15) is 5.10 Å². The molecule has 9 heteroatoms. The number of thioether (sulfide) groups is 1. The number of anilines is 1. The smallest absolute Gasteiger partial charge is 0.234 e. The first-order valence-electron chi connectivity index (χ1n) is 10.2. The second-order valence-corrected chi connectivity index (χ2v) is 8.46. The number of carbonyl (C=O) groups excluding carboxylic acids is 1. The van der Waals surface area contributed by atoms with E-state index in [0.717, 1.165) is 11.6 Å². The molecule has 8 nitrogen and oxygen atoms in total. The van der Waals surface area contributed by atoms with Crippen LogP contribution in [0.4, 0.5) is 5.69 Å². The van der Waals surface area contributed by atoms with E-state index in [1.807, 2.05) is 42.7 Å². The van der Waals surface area contributed by atoms with Crippen LogP contribution in [0, 0.1) is 0 Å². The number of ether oxygens (including phenoxy) is 1. The van der Waals surface area contributed by atoms with Crippen LogP contribution in [0.2, 0.25) is 0 Å². The van der Waals surface area contributed by atoms with Crippen molar-refractivity contribution in [2.45, 2.75) is 24.7 Å². The fourth-order valence-corrected chi connectivity index (χ4v) is 4.89. The van der Waals surface area contributed by atoms with Gasteiger partial charge < -0.3 is 20.0 Å². The lowest BCUT2D eigenvalue weighted by Crippen LogP contribution is -2.54. The molecule has 5 rings (SSSR count). The molecule has 31 heavy (non-hydrogen) atoms. The number of fused-ring (bicyclic) bond motifs is 3. The van der Waals surface area contributed by atoms with Gasteiger partial charge in [0.1, 0.15) is 11.9 Å². The quantitative estimate of drug-likeness (QED) is 0.665. The first-order chi connectivity index (χ1) is 15.2. The summed E-state index contributed by atoms with van der Waals surface area (Å²) in [5.41, 5.74) is 8.76. The molecule has 3 N–H and O–H groups in total. The third-order valence-corrected chi connectivity index (χ3v) is 6.59. The summed E-state index contributed by atoms with van der Waals surface area (Å²) in [6, 6.07) is 18.4. The molecule has 3 unspecified atom stereocenters. The number of benzene rings is 2. The normalized spacial score (nSPS) is 23.6. The van der Waals surface area contributed by atoms with Gasteiger partial charge in [-0.1, -0.05) is 54.2 Å². The highest BCUT2D eigenvalue weighted by molar-refractivity contribution is 8.14. The van der Waals surface area contributed by atoms with Gasteiger partial charge in [0.25, 0.3) is 0 Å². The fourth-order valence-electron chi connectivity index (χ4n) is 4.12. The van der Waals surface area contributed by atoms with E-state index in [2.05, 4.69) is 55.4 Å². The molecule has 0 bridgehead atoms. The summed E-state index contributed by atoms with van der Waals surface area (Å²) in [5, 5.41) is 10.3. The SMILES string of the molecule is COc1ccccc1NC(=O)CSC1=NNC2C3CC(c4ccccc4)NN3C=CN12. The first-order valence-corrected chi connectivity index (χ1v) is 11.2. The zero-order chi connectivity index (χ0) is 21.2. The van der Waals surface area contributed by atoms with E-state index in [-0.39, 0.29) is 29.9 Å². The van der Waals surface area contributed by atoms with Gasteiger partial charge in [-0.05, 0) is 24.1 Å². The van der Waals surface area contributed by atoms with E-state index >= 15 is 0 Å². The summed E-state index contributed by atoms with van der Waals surface area (Å²) in [4.78, 5) is 14.6. The van der Waals surface area contributed by atoms with Gasteiger partial charge in [-0.25, -0.2) is 5.43 Å². The number of hydrazone groups is 1. The molecule has 2 aromatic rings. The Morgan fingerprint density at radius 3 is 2.84 bits per heavy atom. The molecule has 0 spiro atoms. The third-order valence-electron chi connectivity index (χ3n) is 5.62. The summed E-state index contributed by atoms with van der Waals surface area (Å²) >= 11 is 1.41. The highest BCUT2D eigenvalue weighted by Gasteiger charge is 2.44. The lowest BCUT2D eigenvalue weighted by Gasteiger charge is -2.36. The lowest BCUT2D eigenvalue weighted by atomic mass is 10.00. The topological polar surface area (TPSA) is 81.2 Å². The molecule has 0 aliphatic carbocycles. The molecule has 3 atom stereocenters. The van der Waals surface area contributed by atoms with Crippen molar-refractivity contribution < 1.29 is 9.53 Å². The Morgan fingerprint density at radius 1 is 1.19 bits per heavy atom. The Labute approximate surface area is 185 Å². The predicted molar refractivity (Wildman–Crippen MR) is 122 cm³/mol. The van der Waals surface area contributed by atoms with E-state index < -0.39 is 0 Å². The number of para-hydroxylation sites is 2. The molecule has 0 aromatic heterocycles. The molecule has 1 fully saturated rings. The van der Waals surface area contributed by atoms with Crippen LogP contribution in [0.5, 0.6) is 5.75 Å². The largest absolute Gasteiger partial charge is 0.495 e. The summed E-state index contributed by atoms with van der Waals surface area (Å²) in [5.74, 6) is 0.797. The van der Waals surface area contributed by atoms with Gasteiger partial charge in [0, 0.05) is 12.4 Å². The third kappa shape index (κ3) is 3.94. The van der Waals surface area contributed by atoms with Crippen LogP contribution in [0.15, 0.2) is 72.1 Å². The highest BCUT2D eigenvalue weighted by Crippen LogP contribution is 2.35. The van der Waals surface area contributed by atoms with Crippen molar-refractivity contribution in [3.05, 3.63) is 72.6 Å². The summed E-state index contributed by atoms with van der Waals surface area (Å²) in [6.07, 6.45) is 5.05. The van der Waals surface area contributed by atoms with E-state index in [1.54, 1.807) is 7.11 Å². The number of nitrogens with one attached hydrogen (secondary N) is 3. The molecule has 0 radical (unpaired) electrons. The second kappa shape index (κ2) is 8.52. The predicted octanol–water partition coefficient (Wildman–Crippen LogP) is 2.67. The molecule has 0 saturated carbocycles. The Bertz CT molecular complexity index is 1010. The zero-order valence-electron chi connectivity index (χ0n) is 17.1. The monoisotopic (exact) mass is 436 g/mol. The Kier molecular flexibility index (Phi) is 5.44. The zero-order valence-corrected chi connectivity index (χ0v) is 17.9. The van der Waals surface area contributed by atoms with Crippen molar-refractivity contribution >= 4 is 28.5 Å². The van der Waals surface area contributed by atoms with Gasteiger partial charge in [-0.3, -0.25) is 10.2 Å². The molecule has 1 amide bonds. The minimum Gasteiger partial charge on any atom is -0.495 e. The van der Waals surface area contributed by atoms with Crippen LogP contribution in [-0.4, -0.2) is 46.1 Å². The molecule has 3 aliphatic rings. The van der Waals surface area contributed by atoms with E-state index in [1.165, 1.54) is 17.3 Å². The average molecular weight is 437 g/mol. The number of nitrogens with zero attached hydrogens (tertiary/aromatic N) is 3. The number of carbonyl (C=O) groups is 1. The first kappa shape index (κ1) is 19.8. The number of amides is 1. The maximum absolute atomic E-state index is 12.5. The van der Waals surface area contributed by atoms with Crippen LogP contribution >= 0.6 is 11.8 Å².